The van der Waals surface area contributed by atoms with Crippen molar-refractivity contribution in [1.29, 1.82) is 0 Å². The molecule has 0 bridgehead atoms. The van der Waals surface area contributed by atoms with Crippen LogP contribution in [0.4, 0.5) is 5.69 Å². The minimum absolute atomic E-state index is 0.00974. The van der Waals surface area contributed by atoms with Crippen LogP contribution in [0.25, 0.3) is 0 Å². The summed E-state index contributed by atoms with van der Waals surface area (Å²) in [6.45, 7) is 9.55. The number of carbonyl (C=O) groups is 1. The highest BCUT2D eigenvalue weighted by Gasteiger charge is 2.19. The Labute approximate surface area is 201 Å². The van der Waals surface area contributed by atoms with Crippen molar-refractivity contribution >= 4 is 11.6 Å². The van der Waals surface area contributed by atoms with Crippen molar-refractivity contribution in [3.8, 4) is 0 Å². The Morgan fingerprint density at radius 2 is 1.74 bits per heavy atom. The van der Waals surface area contributed by atoms with Crippen molar-refractivity contribution in [2.45, 2.75) is 32.9 Å². The maximum Gasteiger partial charge on any atom is 0.263 e. The Morgan fingerprint density at radius 3 is 2.47 bits per heavy atom. The molecule has 34 heavy (non-hydrogen) atoms. The Morgan fingerprint density at radius 1 is 0.971 bits per heavy atom. The van der Waals surface area contributed by atoms with Crippen LogP contribution in [0, 0.1) is 6.92 Å². The fourth-order valence-electron chi connectivity index (χ4n) is 4.42. The Balaban J connectivity index is 1.26. The van der Waals surface area contributed by atoms with Gasteiger partial charge in [0.1, 0.15) is 5.56 Å². The molecule has 1 aliphatic heterocycles. The predicted octanol–water partition coefficient (Wildman–Crippen LogP) is 3.54. The monoisotopic (exact) mass is 458 g/mol. The Hall–Kier alpha value is -3.38. The number of aromatic nitrogens is 1. The highest BCUT2D eigenvalue weighted by atomic mass is 16.2. The van der Waals surface area contributed by atoms with E-state index < -0.39 is 0 Å². The summed E-state index contributed by atoms with van der Waals surface area (Å²) in [5.41, 5.74) is 3.54. The van der Waals surface area contributed by atoms with Crippen LogP contribution in [0.15, 0.2) is 77.7 Å². The number of nitrogens with one attached hydrogen (secondary N) is 1. The number of rotatable bonds is 8. The van der Waals surface area contributed by atoms with Gasteiger partial charge in [0.2, 0.25) is 0 Å². The molecule has 3 aromatic rings. The van der Waals surface area contributed by atoms with E-state index in [2.05, 4.69) is 46.3 Å². The largest absolute Gasteiger partial charge is 0.369 e. The van der Waals surface area contributed by atoms with Gasteiger partial charge in [-0.1, -0.05) is 42.5 Å². The molecule has 1 N–H and O–H groups in total. The summed E-state index contributed by atoms with van der Waals surface area (Å²) in [5, 5.41) is 3.02. The number of nitrogens with zero attached hydrogens (tertiary/aromatic N) is 3. The zero-order valence-electron chi connectivity index (χ0n) is 20.1. The van der Waals surface area contributed by atoms with Gasteiger partial charge >= 0.3 is 0 Å². The van der Waals surface area contributed by atoms with Crippen LogP contribution < -0.4 is 15.8 Å². The molecule has 1 aromatic heterocycles. The number of anilines is 1. The molecule has 1 saturated heterocycles. The number of hydrogen-bond donors (Lipinski definition) is 1. The van der Waals surface area contributed by atoms with E-state index in [4.69, 9.17) is 0 Å². The van der Waals surface area contributed by atoms with E-state index in [0.717, 1.165) is 44.7 Å². The van der Waals surface area contributed by atoms with E-state index >= 15 is 0 Å². The Bertz CT molecular complexity index is 1150. The minimum Gasteiger partial charge on any atom is -0.369 e. The van der Waals surface area contributed by atoms with Crippen molar-refractivity contribution in [2.75, 3.05) is 37.6 Å². The third-order valence-electron chi connectivity index (χ3n) is 6.46. The van der Waals surface area contributed by atoms with Crippen LogP contribution in [-0.4, -0.2) is 54.1 Å². The van der Waals surface area contributed by atoms with Gasteiger partial charge in [-0.25, -0.2) is 0 Å². The van der Waals surface area contributed by atoms with Crippen LogP contribution in [-0.2, 0) is 6.54 Å². The van der Waals surface area contributed by atoms with Crippen LogP contribution in [0.2, 0.25) is 0 Å². The van der Waals surface area contributed by atoms with Crippen molar-refractivity contribution < 1.29 is 4.79 Å². The predicted molar refractivity (Wildman–Crippen MR) is 138 cm³/mol. The summed E-state index contributed by atoms with van der Waals surface area (Å²) >= 11 is 0. The smallest absolute Gasteiger partial charge is 0.263 e. The average Bonchev–Trinajstić information content (AvgIpc) is 2.85. The molecular formula is C28H34N4O2. The number of carbonyl (C=O) groups excluding carboxylic acids is 1. The van der Waals surface area contributed by atoms with Crippen molar-refractivity contribution in [3.05, 3.63) is 100.0 Å². The molecule has 6 heteroatoms. The van der Waals surface area contributed by atoms with E-state index in [-0.39, 0.29) is 23.1 Å². The standard InChI is InChI=1S/C28H34N4O2/c1-22-8-6-11-25(20-22)31-18-16-30(17-19-31)15-13-23(2)29-27(33)26-12-7-14-32(28(26)34)21-24-9-4-3-5-10-24/h3-12,14,20,23H,13,15-19,21H2,1-2H3,(H,29,33). The van der Waals surface area contributed by atoms with Crippen molar-refractivity contribution in [2.24, 2.45) is 0 Å². The topological polar surface area (TPSA) is 57.6 Å². The lowest BCUT2D eigenvalue weighted by Crippen LogP contribution is -2.47. The number of pyridine rings is 1. The number of piperazine rings is 1. The fourth-order valence-corrected chi connectivity index (χ4v) is 4.42. The van der Waals surface area contributed by atoms with Gasteiger partial charge in [-0.05, 0) is 55.7 Å². The molecule has 1 atom stereocenters. The highest BCUT2D eigenvalue weighted by Crippen LogP contribution is 2.18. The zero-order valence-corrected chi connectivity index (χ0v) is 20.1. The van der Waals surface area contributed by atoms with E-state index in [0.29, 0.717) is 6.54 Å². The van der Waals surface area contributed by atoms with Crippen LogP contribution >= 0.6 is 0 Å². The third kappa shape index (κ3) is 6.14. The lowest BCUT2D eigenvalue weighted by molar-refractivity contribution is 0.0933. The van der Waals surface area contributed by atoms with Gasteiger partial charge in [0.05, 0.1) is 6.54 Å². The molecule has 6 nitrogen and oxygen atoms in total. The lowest BCUT2D eigenvalue weighted by atomic mass is 10.1. The molecule has 0 radical (unpaired) electrons. The Kier molecular flexibility index (Phi) is 7.80. The first-order chi connectivity index (χ1) is 16.5. The third-order valence-corrected chi connectivity index (χ3v) is 6.46. The second kappa shape index (κ2) is 11.2. The van der Waals surface area contributed by atoms with Gasteiger partial charge in [0.15, 0.2) is 0 Å². The average molecular weight is 459 g/mol. The normalized spacial score (nSPS) is 15.2. The number of amides is 1. The minimum atomic E-state index is -0.302. The fraction of sp³-hybridized carbons (Fsp3) is 0.357. The van der Waals surface area contributed by atoms with Gasteiger partial charge in [-0.15, -0.1) is 0 Å². The highest BCUT2D eigenvalue weighted by molar-refractivity contribution is 5.93. The first-order valence-corrected chi connectivity index (χ1v) is 12.1. The summed E-state index contributed by atoms with van der Waals surface area (Å²) in [6.07, 6.45) is 2.58. The van der Waals surface area contributed by atoms with Crippen LogP contribution in [0.5, 0.6) is 0 Å². The van der Waals surface area contributed by atoms with E-state index in [1.54, 1.807) is 22.9 Å². The second-order valence-corrected chi connectivity index (χ2v) is 9.17. The van der Waals surface area contributed by atoms with Crippen molar-refractivity contribution in [1.82, 2.24) is 14.8 Å². The maximum absolute atomic E-state index is 12.9. The summed E-state index contributed by atoms with van der Waals surface area (Å²) in [7, 11) is 0. The van der Waals surface area contributed by atoms with Gasteiger partial charge in [-0.3, -0.25) is 14.5 Å². The molecule has 2 aromatic carbocycles. The molecule has 0 saturated carbocycles. The second-order valence-electron chi connectivity index (χ2n) is 9.17. The molecule has 0 aliphatic carbocycles. The summed E-state index contributed by atoms with van der Waals surface area (Å²) in [6, 6.07) is 21.8. The molecule has 178 valence electrons. The first-order valence-electron chi connectivity index (χ1n) is 12.1. The molecule has 0 spiro atoms. The van der Waals surface area contributed by atoms with Crippen LogP contribution in [0.3, 0.4) is 0 Å². The summed E-state index contributed by atoms with van der Waals surface area (Å²) < 4.78 is 1.59. The SMILES string of the molecule is Cc1cccc(N2CCN(CCC(C)NC(=O)c3cccn(Cc4ccccc4)c3=O)CC2)c1. The zero-order chi connectivity index (χ0) is 23.9. The van der Waals surface area contributed by atoms with Gasteiger partial charge < -0.3 is 14.8 Å². The number of hydrogen-bond acceptors (Lipinski definition) is 4. The molecular weight excluding hydrogens is 424 g/mol. The molecule has 1 unspecified atom stereocenters. The molecule has 1 fully saturated rings. The van der Waals surface area contributed by atoms with Gasteiger partial charge in [-0.2, -0.15) is 0 Å². The first kappa shape index (κ1) is 23.8. The lowest BCUT2D eigenvalue weighted by Gasteiger charge is -2.36. The van der Waals surface area contributed by atoms with E-state index in [1.807, 2.05) is 37.3 Å². The maximum atomic E-state index is 12.9. The summed E-state index contributed by atoms with van der Waals surface area (Å²) in [5.74, 6) is -0.302. The molecule has 1 amide bonds. The van der Waals surface area contributed by atoms with Crippen molar-refractivity contribution in [3.63, 3.8) is 0 Å². The van der Waals surface area contributed by atoms with Crippen LogP contribution in [0.1, 0.15) is 34.8 Å². The van der Waals surface area contributed by atoms with Gasteiger partial charge in [0.25, 0.3) is 11.5 Å². The van der Waals surface area contributed by atoms with Gasteiger partial charge in [0, 0.05) is 50.6 Å². The van der Waals surface area contributed by atoms with E-state index in [9.17, 15) is 9.59 Å². The molecule has 1 aliphatic rings. The van der Waals surface area contributed by atoms with E-state index in [1.165, 1.54) is 11.3 Å². The molecule has 2 heterocycles. The number of benzene rings is 2. The molecule has 4 rings (SSSR count). The number of aryl methyl sites for hydroxylation is 1. The summed E-state index contributed by atoms with van der Waals surface area (Å²) in [4.78, 5) is 30.6. The quantitative estimate of drug-likeness (QED) is 0.561.